The second-order valence-electron chi connectivity index (χ2n) is 5.78. The van der Waals surface area contributed by atoms with Gasteiger partial charge in [-0.05, 0) is 37.2 Å². The molecule has 2 fully saturated rings. The molecule has 0 heterocycles. The van der Waals surface area contributed by atoms with E-state index in [1.807, 2.05) is 0 Å². The van der Waals surface area contributed by atoms with E-state index in [0.29, 0.717) is 0 Å². The van der Waals surface area contributed by atoms with Crippen molar-refractivity contribution in [3.63, 3.8) is 0 Å². The summed E-state index contributed by atoms with van der Waals surface area (Å²) in [5.74, 6) is 0.817. The van der Waals surface area contributed by atoms with Crippen molar-refractivity contribution in [3.8, 4) is 0 Å². The average molecular weight is 229 g/mol. The standard InChI is InChI=1S/C16H23N/c1-3-7-13(8-4-1)14-11-16(12-14)17-15-9-5-2-6-10-15/h1,3-4,7-8,14-17H,2,5-6,9-12H2. The minimum Gasteiger partial charge on any atom is -0.311 e. The van der Waals surface area contributed by atoms with Crippen molar-refractivity contribution in [3.05, 3.63) is 35.9 Å². The first-order chi connectivity index (χ1) is 8.42. The van der Waals surface area contributed by atoms with Gasteiger partial charge in [0.25, 0.3) is 0 Å². The van der Waals surface area contributed by atoms with Crippen molar-refractivity contribution in [1.29, 1.82) is 0 Å². The predicted molar refractivity (Wildman–Crippen MR) is 72.2 cm³/mol. The largest absolute Gasteiger partial charge is 0.311 e. The second kappa shape index (κ2) is 5.22. The zero-order chi connectivity index (χ0) is 11.5. The SMILES string of the molecule is c1ccc(C2CC(NC3CCCCC3)C2)cc1. The van der Waals surface area contributed by atoms with Gasteiger partial charge >= 0.3 is 0 Å². The van der Waals surface area contributed by atoms with E-state index in [4.69, 9.17) is 0 Å². The third kappa shape index (κ3) is 2.71. The first kappa shape index (κ1) is 11.3. The highest BCUT2D eigenvalue weighted by Gasteiger charge is 2.31. The van der Waals surface area contributed by atoms with Crippen LogP contribution in [0, 0.1) is 0 Å². The van der Waals surface area contributed by atoms with E-state index in [9.17, 15) is 0 Å². The summed E-state index contributed by atoms with van der Waals surface area (Å²) >= 11 is 0. The van der Waals surface area contributed by atoms with Crippen LogP contribution in [-0.2, 0) is 0 Å². The molecular weight excluding hydrogens is 206 g/mol. The minimum atomic E-state index is 0.795. The van der Waals surface area contributed by atoms with Crippen LogP contribution in [0.15, 0.2) is 30.3 Å². The first-order valence-electron chi connectivity index (χ1n) is 7.23. The van der Waals surface area contributed by atoms with E-state index in [0.717, 1.165) is 18.0 Å². The zero-order valence-electron chi connectivity index (χ0n) is 10.6. The van der Waals surface area contributed by atoms with Gasteiger partial charge in [-0.25, -0.2) is 0 Å². The highest BCUT2D eigenvalue weighted by molar-refractivity contribution is 5.22. The quantitative estimate of drug-likeness (QED) is 0.830. The Bertz CT molecular complexity index is 334. The second-order valence-corrected chi connectivity index (χ2v) is 5.78. The molecule has 1 aromatic rings. The topological polar surface area (TPSA) is 12.0 Å². The fourth-order valence-electron chi connectivity index (χ4n) is 3.35. The van der Waals surface area contributed by atoms with Crippen molar-refractivity contribution >= 4 is 0 Å². The lowest BCUT2D eigenvalue weighted by molar-refractivity contribution is 0.238. The van der Waals surface area contributed by atoms with Gasteiger partial charge in [-0.3, -0.25) is 0 Å². The van der Waals surface area contributed by atoms with Crippen LogP contribution in [0.1, 0.15) is 56.4 Å². The molecule has 0 spiro atoms. The van der Waals surface area contributed by atoms with Gasteiger partial charge in [-0.15, -0.1) is 0 Å². The maximum absolute atomic E-state index is 3.86. The minimum absolute atomic E-state index is 0.795. The summed E-state index contributed by atoms with van der Waals surface area (Å²) in [6.45, 7) is 0. The Kier molecular flexibility index (Phi) is 3.46. The number of rotatable bonds is 3. The van der Waals surface area contributed by atoms with Gasteiger partial charge in [0.15, 0.2) is 0 Å². The maximum Gasteiger partial charge on any atom is 0.00813 e. The number of hydrogen-bond acceptors (Lipinski definition) is 1. The van der Waals surface area contributed by atoms with Crippen LogP contribution in [0.3, 0.4) is 0 Å². The lowest BCUT2D eigenvalue weighted by atomic mass is 9.75. The van der Waals surface area contributed by atoms with E-state index in [1.165, 1.54) is 50.5 Å². The molecule has 0 radical (unpaired) electrons. The third-order valence-corrected chi connectivity index (χ3v) is 4.49. The fraction of sp³-hybridized carbons (Fsp3) is 0.625. The van der Waals surface area contributed by atoms with Crippen LogP contribution in [0.2, 0.25) is 0 Å². The van der Waals surface area contributed by atoms with Crippen molar-refractivity contribution in [2.45, 2.75) is 62.9 Å². The van der Waals surface area contributed by atoms with Gasteiger partial charge in [0, 0.05) is 12.1 Å². The van der Waals surface area contributed by atoms with Crippen LogP contribution >= 0.6 is 0 Å². The van der Waals surface area contributed by atoms with Crippen LogP contribution in [0.4, 0.5) is 0 Å². The predicted octanol–water partition coefficient (Wildman–Crippen LogP) is 3.85. The molecule has 1 aromatic carbocycles. The van der Waals surface area contributed by atoms with E-state index >= 15 is 0 Å². The Labute approximate surface area is 105 Å². The van der Waals surface area contributed by atoms with Gasteiger partial charge in [-0.2, -0.15) is 0 Å². The zero-order valence-corrected chi connectivity index (χ0v) is 10.6. The van der Waals surface area contributed by atoms with Gasteiger partial charge in [0.05, 0.1) is 0 Å². The molecular formula is C16H23N. The summed E-state index contributed by atoms with van der Waals surface area (Å²) < 4.78 is 0. The summed E-state index contributed by atoms with van der Waals surface area (Å²) in [6, 6.07) is 12.6. The summed E-state index contributed by atoms with van der Waals surface area (Å²) in [5, 5.41) is 3.86. The third-order valence-electron chi connectivity index (χ3n) is 4.49. The number of nitrogens with one attached hydrogen (secondary N) is 1. The van der Waals surface area contributed by atoms with Crippen LogP contribution < -0.4 is 5.32 Å². The highest BCUT2D eigenvalue weighted by Crippen LogP contribution is 2.37. The van der Waals surface area contributed by atoms with Crippen molar-refractivity contribution in [2.24, 2.45) is 0 Å². The van der Waals surface area contributed by atoms with Gasteiger partial charge in [0.1, 0.15) is 0 Å². The van der Waals surface area contributed by atoms with E-state index in [1.54, 1.807) is 0 Å². The molecule has 92 valence electrons. The molecule has 1 heteroatoms. The highest BCUT2D eigenvalue weighted by atomic mass is 15.0. The molecule has 0 saturated heterocycles. The van der Waals surface area contributed by atoms with Gasteiger partial charge < -0.3 is 5.32 Å². The Hall–Kier alpha value is -0.820. The molecule has 1 nitrogen and oxygen atoms in total. The molecule has 0 unspecified atom stereocenters. The van der Waals surface area contributed by atoms with E-state index in [-0.39, 0.29) is 0 Å². The lowest BCUT2D eigenvalue weighted by Gasteiger charge is -2.39. The van der Waals surface area contributed by atoms with E-state index < -0.39 is 0 Å². The molecule has 0 bridgehead atoms. The van der Waals surface area contributed by atoms with E-state index in [2.05, 4.69) is 35.6 Å². The smallest absolute Gasteiger partial charge is 0.00813 e. The number of benzene rings is 1. The normalized spacial score (nSPS) is 29.9. The summed E-state index contributed by atoms with van der Waals surface area (Å²) in [5.41, 5.74) is 1.54. The van der Waals surface area contributed by atoms with Crippen molar-refractivity contribution in [1.82, 2.24) is 5.32 Å². The monoisotopic (exact) mass is 229 g/mol. The maximum atomic E-state index is 3.86. The van der Waals surface area contributed by atoms with Gasteiger partial charge in [0.2, 0.25) is 0 Å². The molecule has 2 aliphatic carbocycles. The molecule has 1 N–H and O–H groups in total. The molecule has 17 heavy (non-hydrogen) atoms. The van der Waals surface area contributed by atoms with Crippen LogP contribution in [0.25, 0.3) is 0 Å². The Balaban J connectivity index is 1.45. The average Bonchev–Trinajstić information content (AvgIpc) is 2.36. The molecule has 2 saturated carbocycles. The number of hydrogen-bond donors (Lipinski definition) is 1. The van der Waals surface area contributed by atoms with Crippen molar-refractivity contribution < 1.29 is 0 Å². The molecule has 0 amide bonds. The summed E-state index contributed by atoms with van der Waals surface area (Å²) in [6.07, 6.45) is 9.84. The van der Waals surface area contributed by atoms with Crippen molar-refractivity contribution in [2.75, 3.05) is 0 Å². The first-order valence-corrected chi connectivity index (χ1v) is 7.23. The molecule has 0 aromatic heterocycles. The summed E-state index contributed by atoms with van der Waals surface area (Å²) in [7, 11) is 0. The molecule has 0 atom stereocenters. The molecule has 3 rings (SSSR count). The molecule has 2 aliphatic rings. The van der Waals surface area contributed by atoms with Crippen LogP contribution in [0.5, 0.6) is 0 Å². The fourth-order valence-corrected chi connectivity index (χ4v) is 3.35. The molecule has 0 aliphatic heterocycles. The Morgan fingerprint density at radius 3 is 2.24 bits per heavy atom. The lowest BCUT2D eigenvalue weighted by Crippen LogP contribution is -2.46. The summed E-state index contributed by atoms with van der Waals surface area (Å²) in [4.78, 5) is 0. The van der Waals surface area contributed by atoms with Gasteiger partial charge in [-0.1, -0.05) is 49.6 Å². The Morgan fingerprint density at radius 2 is 1.53 bits per heavy atom. The van der Waals surface area contributed by atoms with Crippen LogP contribution in [-0.4, -0.2) is 12.1 Å². The Morgan fingerprint density at radius 1 is 0.824 bits per heavy atom.